The molecule has 162 valence electrons. The summed E-state index contributed by atoms with van der Waals surface area (Å²) in [5.74, 6) is 1.92. The summed E-state index contributed by atoms with van der Waals surface area (Å²) in [5, 5.41) is 19.6. The number of aromatic nitrogens is 2. The molecule has 1 spiro atoms. The zero-order chi connectivity index (χ0) is 22.3. The number of nitro benzene ring substituents is 1. The predicted molar refractivity (Wildman–Crippen MR) is 116 cm³/mol. The van der Waals surface area contributed by atoms with Crippen LogP contribution in [-0.2, 0) is 0 Å². The fraction of sp³-hybridized carbons (Fsp3) is 0.261. The molecule has 1 fully saturated rings. The van der Waals surface area contributed by atoms with Gasteiger partial charge < -0.3 is 14.4 Å². The van der Waals surface area contributed by atoms with Gasteiger partial charge in [0.15, 0.2) is 11.6 Å². The molecule has 9 nitrogen and oxygen atoms in total. The molecule has 0 radical (unpaired) electrons. The molecule has 32 heavy (non-hydrogen) atoms. The lowest BCUT2D eigenvalue weighted by molar-refractivity contribution is -0.384. The number of hydrogen-bond donors (Lipinski definition) is 0. The minimum atomic E-state index is -0.598. The van der Waals surface area contributed by atoms with Crippen LogP contribution in [0.5, 0.6) is 11.5 Å². The number of methoxy groups -OCH3 is 1. The Hall–Kier alpha value is -4.01. The lowest BCUT2D eigenvalue weighted by Gasteiger charge is -2.34. The number of nitro groups is 1. The van der Waals surface area contributed by atoms with Crippen molar-refractivity contribution in [3.05, 3.63) is 70.3 Å². The Kier molecular flexibility index (Phi) is 4.73. The molecule has 5 rings (SSSR count). The van der Waals surface area contributed by atoms with Crippen molar-refractivity contribution in [2.45, 2.75) is 18.4 Å². The number of Topliss-reactive ketones (excluding diaryl/α,β-unsaturated/α-hetero) is 1. The van der Waals surface area contributed by atoms with Crippen molar-refractivity contribution < 1.29 is 19.2 Å². The second-order valence-electron chi connectivity index (χ2n) is 8.00. The van der Waals surface area contributed by atoms with Crippen LogP contribution in [0.4, 0.5) is 11.5 Å². The van der Waals surface area contributed by atoms with Crippen molar-refractivity contribution in [3.63, 3.8) is 0 Å². The monoisotopic (exact) mass is 432 g/mol. The third kappa shape index (κ3) is 3.51. The van der Waals surface area contributed by atoms with Crippen LogP contribution < -0.4 is 14.4 Å². The zero-order valence-corrected chi connectivity index (χ0v) is 17.4. The molecular weight excluding hydrogens is 412 g/mol. The Morgan fingerprint density at radius 3 is 2.78 bits per heavy atom. The highest BCUT2D eigenvalue weighted by atomic mass is 16.6. The van der Waals surface area contributed by atoms with Crippen LogP contribution in [0.25, 0.3) is 11.3 Å². The normalized spacial score (nSPS) is 19.5. The van der Waals surface area contributed by atoms with Gasteiger partial charge in [0.2, 0.25) is 0 Å². The van der Waals surface area contributed by atoms with Gasteiger partial charge in [-0.2, -0.15) is 0 Å². The lowest BCUT2D eigenvalue weighted by atomic mass is 9.89. The van der Waals surface area contributed by atoms with Crippen molar-refractivity contribution >= 4 is 17.3 Å². The van der Waals surface area contributed by atoms with E-state index >= 15 is 0 Å². The molecule has 1 atom stereocenters. The average Bonchev–Trinajstić information content (AvgIpc) is 3.22. The fourth-order valence-electron chi connectivity index (χ4n) is 4.29. The molecule has 0 N–H and O–H groups in total. The first-order valence-corrected chi connectivity index (χ1v) is 10.2. The van der Waals surface area contributed by atoms with Crippen molar-refractivity contribution in [2.24, 2.45) is 0 Å². The number of nitrogens with zero attached hydrogens (tertiary/aromatic N) is 4. The molecular formula is C23H20N4O5. The first-order valence-electron chi connectivity index (χ1n) is 10.2. The maximum atomic E-state index is 12.8. The van der Waals surface area contributed by atoms with Gasteiger partial charge in [-0.05, 0) is 30.3 Å². The van der Waals surface area contributed by atoms with E-state index in [2.05, 4.69) is 10.2 Å². The summed E-state index contributed by atoms with van der Waals surface area (Å²) in [6, 6.07) is 15.2. The van der Waals surface area contributed by atoms with Gasteiger partial charge in [0, 0.05) is 30.7 Å². The van der Waals surface area contributed by atoms with Gasteiger partial charge >= 0.3 is 0 Å². The Labute approximate surface area is 183 Å². The van der Waals surface area contributed by atoms with Gasteiger partial charge in [-0.3, -0.25) is 14.9 Å². The highest BCUT2D eigenvalue weighted by molar-refractivity contribution is 6.00. The van der Waals surface area contributed by atoms with Crippen LogP contribution in [0.15, 0.2) is 54.6 Å². The van der Waals surface area contributed by atoms with Crippen LogP contribution >= 0.6 is 0 Å². The average molecular weight is 432 g/mol. The lowest BCUT2D eigenvalue weighted by Crippen LogP contribution is -2.44. The first-order chi connectivity index (χ1) is 15.5. The van der Waals surface area contributed by atoms with E-state index in [0.29, 0.717) is 60.1 Å². The number of ketones is 1. The Morgan fingerprint density at radius 1 is 1.16 bits per heavy atom. The van der Waals surface area contributed by atoms with Crippen molar-refractivity contribution in [2.75, 3.05) is 25.1 Å². The predicted octanol–water partition coefficient (Wildman–Crippen LogP) is 3.67. The van der Waals surface area contributed by atoms with E-state index in [4.69, 9.17) is 9.47 Å². The summed E-state index contributed by atoms with van der Waals surface area (Å²) in [5.41, 5.74) is 1.14. The zero-order valence-electron chi connectivity index (χ0n) is 17.4. The number of non-ortho nitro benzene ring substituents is 1. The van der Waals surface area contributed by atoms with Gasteiger partial charge in [-0.25, -0.2) is 0 Å². The summed E-state index contributed by atoms with van der Waals surface area (Å²) in [6.45, 7) is 1.21. The number of carbonyl (C=O) groups is 1. The summed E-state index contributed by atoms with van der Waals surface area (Å²) in [4.78, 5) is 25.4. The third-order valence-electron chi connectivity index (χ3n) is 5.94. The molecule has 0 saturated carbocycles. The highest BCUT2D eigenvalue weighted by Gasteiger charge is 2.46. The molecule has 1 saturated heterocycles. The van der Waals surface area contributed by atoms with Crippen molar-refractivity contribution in [3.8, 4) is 22.8 Å². The maximum absolute atomic E-state index is 12.8. The number of benzene rings is 2. The first kappa shape index (κ1) is 19.9. The van der Waals surface area contributed by atoms with E-state index in [-0.39, 0.29) is 11.5 Å². The van der Waals surface area contributed by atoms with E-state index in [9.17, 15) is 14.9 Å². The molecule has 1 aromatic heterocycles. The fourth-order valence-corrected chi connectivity index (χ4v) is 4.29. The Bertz CT molecular complexity index is 1210. The van der Waals surface area contributed by atoms with E-state index < -0.39 is 10.5 Å². The molecule has 3 aromatic rings. The maximum Gasteiger partial charge on any atom is 0.270 e. The molecule has 2 aromatic carbocycles. The van der Waals surface area contributed by atoms with Crippen LogP contribution in [0.3, 0.4) is 0 Å². The number of carbonyl (C=O) groups excluding carboxylic acids is 1. The Morgan fingerprint density at radius 2 is 2.03 bits per heavy atom. The van der Waals surface area contributed by atoms with Crippen LogP contribution in [-0.4, -0.2) is 46.7 Å². The highest BCUT2D eigenvalue weighted by Crippen LogP contribution is 2.40. The molecule has 0 bridgehead atoms. The minimum absolute atomic E-state index is 0.00637. The van der Waals surface area contributed by atoms with E-state index in [1.807, 2.05) is 11.0 Å². The minimum Gasteiger partial charge on any atom is -0.497 e. The topological polar surface area (TPSA) is 108 Å². The van der Waals surface area contributed by atoms with Gasteiger partial charge in [0.05, 0.1) is 36.3 Å². The molecule has 9 heteroatoms. The molecule has 0 amide bonds. The Balaban J connectivity index is 1.34. The number of anilines is 1. The quantitative estimate of drug-likeness (QED) is 0.454. The summed E-state index contributed by atoms with van der Waals surface area (Å²) in [7, 11) is 1.57. The summed E-state index contributed by atoms with van der Waals surface area (Å²) < 4.78 is 11.5. The number of hydrogen-bond acceptors (Lipinski definition) is 8. The molecule has 3 heterocycles. The van der Waals surface area contributed by atoms with Crippen LogP contribution in [0.1, 0.15) is 23.2 Å². The molecule has 0 aliphatic carbocycles. The summed E-state index contributed by atoms with van der Waals surface area (Å²) >= 11 is 0. The largest absolute Gasteiger partial charge is 0.497 e. The van der Waals surface area contributed by atoms with Gasteiger partial charge in [0.1, 0.15) is 17.1 Å². The molecule has 2 aliphatic rings. The molecule has 2 aliphatic heterocycles. The smallest absolute Gasteiger partial charge is 0.270 e. The number of ether oxygens (including phenoxy) is 2. The van der Waals surface area contributed by atoms with Crippen molar-refractivity contribution in [1.29, 1.82) is 0 Å². The standard InChI is InChI=1S/C23H20N4O5/c1-31-17-5-7-21-18(12-17)20(28)13-23(32-21)9-10-26(14-23)22-8-6-19(24-25-22)15-3-2-4-16(11-15)27(29)30/h2-8,11-12H,9-10,13-14H2,1H3. The van der Waals surface area contributed by atoms with Gasteiger partial charge in [-0.15, -0.1) is 10.2 Å². The second-order valence-corrected chi connectivity index (χ2v) is 8.00. The van der Waals surface area contributed by atoms with E-state index in [1.165, 1.54) is 12.1 Å². The van der Waals surface area contributed by atoms with Crippen LogP contribution in [0, 0.1) is 10.1 Å². The SMILES string of the molecule is COc1ccc2c(c1)C(=O)CC1(CCN(c3ccc(-c4cccc([N+](=O)[O-])c4)nn3)C1)O2. The van der Waals surface area contributed by atoms with Crippen LogP contribution in [0.2, 0.25) is 0 Å². The van der Waals surface area contributed by atoms with Crippen molar-refractivity contribution in [1.82, 2.24) is 10.2 Å². The van der Waals surface area contributed by atoms with Gasteiger partial charge in [-0.1, -0.05) is 12.1 Å². The van der Waals surface area contributed by atoms with E-state index in [1.54, 1.807) is 43.5 Å². The van der Waals surface area contributed by atoms with Gasteiger partial charge in [0.25, 0.3) is 5.69 Å². The summed E-state index contributed by atoms with van der Waals surface area (Å²) in [6.07, 6.45) is 0.987. The number of fused-ring (bicyclic) bond motifs is 1. The third-order valence-corrected chi connectivity index (χ3v) is 5.94. The molecule has 1 unspecified atom stereocenters. The second kappa shape index (κ2) is 7.60. The van der Waals surface area contributed by atoms with E-state index in [0.717, 1.165) is 0 Å². The number of rotatable bonds is 4.